The maximum absolute atomic E-state index is 10.7. The lowest BCUT2D eigenvalue weighted by Crippen LogP contribution is -2.53. The summed E-state index contributed by atoms with van der Waals surface area (Å²) >= 11 is 0. The monoisotopic (exact) mass is 266 g/mol. The first-order valence-electron chi connectivity index (χ1n) is 7.19. The first-order chi connectivity index (χ1) is 9.00. The van der Waals surface area contributed by atoms with Crippen LogP contribution in [0.3, 0.4) is 0 Å². The zero-order chi connectivity index (χ0) is 13.9. The highest BCUT2D eigenvalue weighted by Gasteiger charge is 2.33. The minimum Gasteiger partial charge on any atom is -0.465 e. The Hall–Kier alpha value is -0.840. The molecule has 19 heavy (non-hydrogen) atoms. The Morgan fingerprint density at radius 1 is 1.47 bits per heavy atom. The van der Waals surface area contributed by atoms with E-state index in [1.165, 1.54) is 0 Å². The van der Waals surface area contributed by atoms with Crippen molar-refractivity contribution in [3.8, 4) is 0 Å². The Balaban J connectivity index is 1.88. The molecular formula is C15H26N2O2. The smallest absolute Gasteiger partial charge is 0.118 e. The van der Waals surface area contributed by atoms with Crippen LogP contribution < -0.4 is 0 Å². The topological polar surface area (TPSA) is 39.9 Å². The molecule has 1 N–H and O–H groups in total. The van der Waals surface area contributed by atoms with E-state index in [1.54, 1.807) is 0 Å². The molecule has 1 aliphatic heterocycles. The third kappa shape index (κ3) is 4.06. The fourth-order valence-electron chi connectivity index (χ4n) is 3.00. The lowest BCUT2D eigenvalue weighted by atomic mass is 9.92. The molecule has 0 aromatic carbocycles. The third-order valence-electron chi connectivity index (χ3n) is 3.87. The third-order valence-corrected chi connectivity index (χ3v) is 3.87. The van der Waals surface area contributed by atoms with Crippen molar-refractivity contribution >= 4 is 0 Å². The van der Waals surface area contributed by atoms with Gasteiger partial charge in [0.2, 0.25) is 0 Å². The number of piperidine rings is 1. The van der Waals surface area contributed by atoms with Crippen molar-refractivity contribution in [2.45, 2.75) is 38.8 Å². The lowest BCUT2D eigenvalue weighted by molar-refractivity contribution is -0.0499. The van der Waals surface area contributed by atoms with Crippen LogP contribution in [0.2, 0.25) is 0 Å². The summed E-state index contributed by atoms with van der Waals surface area (Å²) in [4.78, 5) is 4.48. The molecule has 1 fully saturated rings. The lowest BCUT2D eigenvalue weighted by Gasteiger charge is -2.40. The van der Waals surface area contributed by atoms with Gasteiger partial charge in [-0.2, -0.15) is 0 Å². The molecule has 1 atom stereocenters. The Kier molecular flexibility index (Phi) is 4.66. The van der Waals surface area contributed by atoms with E-state index in [2.05, 4.69) is 16.7 Å². The predicted octanol–water partition coefficient (Wildman–Crippen LogP) is 1.87. The van der Waals surface area contributed by atoms with Gasteiger partial charge in [-0.05, 0) is 52.0 Å². The van der Waals surface area contributed by atoms with Crippen LogP contribution in [0.25, 0.3) is 0 Å². The molecule has 0 radical (unpaired) electrons. The van der Waals surface area contributed by atoms with Crippen LogP contribution in [0.15, 0.2) is 16.5 Å². The van der Waals surface area contributed by atoms with E-state index in [4.69, 9.17) is 4.42 Å². The van der Waals surface area contributed by atoms with Crippen LogP contribution >= 0.6 is 0 Å². The number of furan rings is 1. The van der Waals surface area contributed by atoms with Gasteiger partial charge in [-0.15, -0.1) is 0 Å². The molecule has 0 bridgehead atoms. The van der Waals surface area contributed by atoms with Crippen LogP contribution in [-0.4, -0.2) is 53.7 Å². The van der Waals surface area contributed by atoms with Gasteiger partial charge in [-0.25, -0.2) is 0 Å². The van der Waals surface area contributed by atoms with E-state index in [0.717, 1.165) is 50.5 Å². The van der Waals surface area contributed by atoms with Crippen LogP contribution in [0, 0.1) is 6.92 Å². The van der Waals surface area contributed by atoms with E-state index < -0.39 is 5.60 Å². The highest BCUT2D eigenvalue weighted by atomic mass is 16.3. The maximum Gasteiger partial charge on any atom is 0.118 e. The zero-order valence-corrected chi connectivity index (χ0v) is 12.4. The van der Waals surface area contributed by atoms with Crippen LogP contribution in [0.1, 0.15) is 31.3 Å². The number of likely N-dealkylation sites (N-methyl/N-ethyl adjacent to an activating group) is 2. The molecular weight excluding hydrogens is 240 g/mol. The van der Waals surface area contributed by atoms with Crippen molar-refractivity contribution in [3.05, 3.63) is 23.7 Å². The van der Waals surface area contributed by atoms with Crippen molar-refractivity contribution in [3.63, 3.8) is 0 Å². The van der Waals surface area contributed by atoms with Crippen LogP contribution in [-0.2, 0) is 6.54 Å². The SMILES string of the molecule is CCN1CCC[C@@](O)(CN(C)Cc2ccc(C)o2)C1. The standard InChI is InChI=1S/C15H26N2O2/c1-4-17-9-5-8-15(18,12-17)11-16(3)10-14-7-6-13(2)19-14/h6-7,18H,4-5,8-12H2,1-3H3/t15-/m1/s1. The van der Waals surface area contributed by atoms with Crippen molar-refractivity contribution < 1.29 is 9.52 Å². The van der Waals surface area contributed by atoms with Crippen molar-refractivity contribution in [2.24, 2.45) is 0 Å². The molecule has 0 amide bonds. The van der Waals surface area contributed by atoms with Gasteiger partial charge < -0.3 is 14.4 Å². The van der Waals surface area contributed by atoms with Gasteiger partial charge in [0.25, 0.3) is 0 Å². The summed E-state index contributed by atoms with van der Waals surface area (Å²) in [6.45, 7) is 8.47. The number of β-amino-alcohol motifs (C(OH)–C–C–N with tert-alkyl or cyclic N) is 1. The summed E-state index contributed by atoms with van der Waals surface area (Å²) in [5, 5.41) is 10.7. The number of rotatable bonds is 5. The summed E-state index contributed by atoms with van der Waals surface area (Å²) in [5.41, 5.74) is -0.579. The van der Waals surface area contributed by atoms with Gasteiger partial charge in [0.15, 0.2) is 0 Å². The second kappa shape index (κ2) is 6.07. The van der Waals surface area contributed by atoms with Gasteiger partial charge in [0.1, 0.15) is 11.5 Å². The average molecular weight is 266 g/mol. The largest absolute Gasteiger partial charge is 0.465 e. The van der Waals surface area contributed by atoms with Crippen molar-refractivity contribution in [2.75, 3.05) is 33.2 Å². The van der Waals surface area contributed by atoms with Crippen LogP contribution in [0.4, 0.5) is 0 Å². The molecule has 2 rings (SSSR count). The zero-order valence-electron chi connectivity index (χ0n) is 12.4. The molecule has 1 aliphatic rings. The number of hydrogen-bond donors (Lipinski definition) is 1. The van der Waals surface area contributed by atoms with Gasteiger partial charge >= 0.3 is 0 Å². The van der Waals surface area contributed by atoms with Crippen LogP contribution in [0.5, 0.6) is 0 Å². The number of nitrogens with zero attached hydrogens (tertiary/aromatic N) is 2. The van der Waals surface area contributed by atoms with E-state index >= 15 is 0 Å². The highest BCUT2D eigenvalue weighted by molar-refractivity contribution is 5.05. The van der Waals surface area contributed by atoms with Gasteiger partial charge in [-0.3, -0.25) is 4.90 Å². The fourth-order valence-corrected chi connectivity index (χ4v) is 3.00. The summed E-state index contributed by atoms with van der Waals surface area (Å²) in [7, 11) is 2.04. The summed E-state index contributed by atoms with van der Waals surface area (Å²) < 4.78 is 5.58. The predicted molar refractivity (Wildman–Crippen MR) is 76.1 cm³/mol. The van der Waals surface area contributed by atoms with E-state index in [9.17, 15) is 5.11 Å². The fraction of sp³-hybridized carbons (Fsp3) is 0.733. The summed E-state index contributed by atoms with van der Waals surface area (Å²) in [6, 6.07) is 3.99. The average Bonchev–Trinajstić information content (AvgIpc) is 2.73. The van der Waals surface area contributed by atoms with Crippen molar-refractivity contribution in [1.29, 1.82) is 0 Å². The molecule has 0 saturated carbocycles. The summed E-state index contributed by atoms with van der Waals surface area (Å²) in [5.74, 6) is 1.91. The molecule has 0 unspecified atom stereocenters. The Morgan fingerprint density at radius 3 is 2.89 bits per heavy atom. The number of aliphatic hydroxyl groups is 1. The molecule has 1 aromatic heterocycles. The quantitative estimate of drug-likeness (QED) is 0.883. The molecule has 0 aliphatic carbocycles. The first-order valence-corrected chi connectivity index (χ1v) is 7.19. The molecule has 1 aromatic rings. The molecule has 2 heterocycles. The van der Waals surface area contributed by atoms with E-state index in [1.807, 2.05) is 26.1 Å². The number of likely N-dealkylation sites (tertiary alicyclic amines) is 1. The number of aryl methyl sites for hydroxylation is 1. The van der Waals surface area contributed by atoms with Gasteiger partial charge in [-0.1, -0.05) is 6.92 Å². The minimum atomic E-state index is -0.579. The van der Waals surface area contributed by atoms with Gasteiger partial charge in [0, 0.05) is 13.1 Å². The normalized spacial score (nSPS) is 25.1. The molecule has 4 heteroatoms. The van der Waals surface area contributed by atoms with Crippen molar-refractivity contribution in [1.82, 2.24) is 9.80 Å². The van der Waals surface area contributed by atoms with E-state index in [-0.39, 0.29) is 0 Å². The second-order valence-electron chi connectivity index (χ2n) is 5.88. The Bertz CT molecular complexity index is 405. The molecule has 0 spiro atoms. The van der Waals surface area contributed by atoms with E-state index in [0.29, 0.717) is 6.54 Å². The Labute approximate surface area is 116 Å². The molecule has 1 saturated heterocycles. The minimum absolute atomic E-state index is 0.579. The highest BCUT2D eigenvalue weighted by Crippen LogP contribution is 2.22. The van der Waals surface area contributed by atoms with Gasteiger partial charge in [0.05, 0.1) is 12.1 Å². The molecule has 4 nitrogen and oxygen atoms in total. The second-order valence-corrected chi connectivity index (χ2v) is 5.88. The maximum atomic E-state index is 10.7. The Morgan fingerprint density at radius 2 is 2.26 bits per heavy atom. The molecule has 108 valence electrons. The summed E-state index contributed by atoms with van der Waals surface area (Å²) in [6.07, 6.45) is 1.98. The first kappa shape index (κ1) is 14.6. The number of hydrogen-bond acceptors (Lipinski definition) is 4.